The molecular formula is C21H24N2O. The fraction of sp³-hybridized carbons (Fsp3) is 0.333. The van der Waals surface area contributed by atoms with Crippen LogP contribution in [0, 0.1) is 0 Å². The Hall–Kier alpha value is -2.26. The van der Waals surface area contributed by atoms with Gasteiger partial charge in [-0.15, -0.1) is 0 Å². The molecule has 3 aromatic rings. The third-order valence-corrected chi connectivity index (χ3v) is 4.84. The Kier molecular flexibility index (Phi) is 4.52. The summed E-state index contributed by atoms with van der Waals surface area (Å²) in [4.78, 5) is 5.97. The summed E-state index contributed by atoms with van der Waals surface area (Å²) in [6.07, 6.45) is 7.23. The lowest BCUT2D eigenvalue weighted by Crippen LogP contribution is -2.20. The molecule has 0 radical (unpaired) electrons. The normalized spacial score (nSPS) is 15.2. The van der Waals surface area contributed by atoms with Gasteiger partial charge in [0, 0.05) is 17.1 Å². The zero-order chi connectivity index (χ0) is 16.2. The highest BCUT2D eigenvalue weighted by molar-refractivity contribution is 5.84. The summed E-state index contributed by atoms with van der Waals surface area (Å²) in [7, 11) is 0. The first kappa shape index (κ1) is 15.3. The Morgan fingerprint density at radius 1 is 0.958 bits per heavy atom. The van der Waals surface area contributed by atoms with E-state index in [-0.39, 0.29) is 0 Å². The zero-order valence-electron chi connectivity index (χ0n) is 14.0. The number of likely N-dealkylation sites (tertiary alicyclic amines) is 1. The number of hydrogen-bond acceptors (Lipinski definition) is 2. The summed E-state index contributed by atoms with van der Waals surface area (Å²) in [5.41, 5.74) is 2.58. The molecule has 2 aromatic carbocycles. The minimum atomic E-state index is 0.878. The van der Waals surface area contributed by atoms with Crippen molar-refractivity contribution < 1.29 is 4.74 Å². The molecule has 0 aliphatic carbocycles. The number of H-pyrrole nitrogens is 1. The van der Waals surface area contributed by atoms with Crippen LogP contribution in [0.3, 0.4) is 0 Å². The van der Waals surface area contributed by atoms with Gasteiger partial charge < -0.3 is 14.6 Å². The predicted octanol–water partition coefficient (Wildman–Crippen LogP) is 4.99. The van der Waals surface area contributed by atoms with E-state index in [2.05, 4.69) is 28.2 Å². The SMILES string of the molecule is c1ccc(Oc2ccc3[nH]cc(CCCN4CCCC4)c3c2)cc1. The van der Waals surface area contributed by atoms with Gasteiger partial charge in [-0.3, -0.25) is 0 Å². The lowest BCUT2D eigenvalue weighted by molar-refractivity contribution is 0.334. The molecule has 24 heavy (non-hydrogen) atoms. The zero-order valence-corrected chi connectivity index (χ0v) is 14.0. The van der Waals surface area contributed by atoms with E-state index in [4.69, 9.17) is 4.74 Å². The Balaban J connectivity index is 1.46. The van der Waals surface area contributed by atoms with Gasteiger partial charge in [0.25, 0.3) is 0 Å². The van der Waals surface area contributed by atoms with E-state index in [1.807, 2.05) is 36.4 Å². The number of benzene rings is 2. The second-order valence-electron chi connectivity index (χ2n) is 6.59. The number of para-hydroxylation sites is 1. The molecule has 0 amide bonds. The van der Waals surface area contributed by atoms with Crippen molar-refractivity contribution in [2.24, 2.45) is 0 Å². The summed E-state index contributed by atoms with van der Waals surface area (Å²) in [6, 6.07) is 16.3. The number of aryl methyl sites for hydroxylation is 1. The van der Waals surface area contributed by atoms with Crippen LogP contribution in [0.4, 0.5) is 0 Å². The van der Waals surface area contributed by atoms with E-state index < -0.39 is 0 Å². The van der Waals surface area contributed by atoms with Crippen molar-refractivity contribution in [1.82, 2.24) is 9.88 Å². The maximum absolute atomic E-state index is 5.97. The van der Waals surface area contributed by atoms with Gasteiger partial charge in [0.2, 0.25) is 0 Å². The van der Waals surface area contributed by atoms with E-state index in [0.717, 1.165) is 17.9 Å². The smallest absolute Gasteiger partial charge is 0.128 e. The number of aromatic amines is 1. The minimum absolute atomic E-state index is 0.878. The van der Waals surface area contributed by atoms with Crippen molar-refractivity contribution in [2.75, 3.05) is 19.6 Å². The van der Waals surface area contributed by atoms with Crippen LogP contribution >= 0.6 is 0 Å². The van der Waals surface area contributed by atoms with Crippen molar-refractivity contribution >= 4 is 10.9 Å². The van der Waals surface area contributed by atoms with E-state index in [9.17, 15) is 0 Å². The quantitative estimate of drug-likeness (QED) is 0.693. The Morgan fingerprint density at radius 3 is 2.62 bits per heavy atom. The average molecular weight is 320 g/mol. The number of ether oxygens (including phenoxy) is 1. The fourth-order valence-corrected chi connectivity index (χ4v) is 3.55. The van der Waals surface area contributed by atoms with Crippen LogP contribution in [-0.2, 0) is 6.42 Å². The van der Waals surface area contributed by atoms with Crippen molar-refractivity contribution in [3.05, 3.63) is 60.3 Å². The summed E-state index contributed by atoms with van der Waals surface area (Å²) in [6.45, 7) is 3.78. The van der Waals surface area contributed by atoms with Crippen LogP contribution in [0.25, 0.3) is 10.9 Å². The molecule has 0 saturated carbocycles. The molecular weight excluding hydrogens is 296 g/mol. The number of rotatable bonds is 6. The minimum Gasteiger partial charge on any atom is -0.457 e. The molecule has 0 spiro atoms. The first-order valence-electron chi connectivity index (χ1n) is 8.94. The Labute approximate surface area is 143 Å². The van der Waals surface area contributed by atoms with E-state index in [1.54, 1.807) is 0 Å². The van der Waals surface area contributed by atoms with Crippen LogP contribution < -0.4 is 4.74 Å². The molecule has 1 N–H and O–H groups in total. The van der Waals surface area contributed by atoms with Crippen LogP contribution in [0.5, 0.6) is 11.5 Å². The second-order valence-corrected chi connectivity index (χ2v) is 6.59. The number of fused-ring (bicyclic) bond motifs is 1. The lowest BCUT2D eigenvalue weighted by Gasteiger charge is -2.13. The second kappa shape index (κ2) is 7.10. The first-order valence-corrected chi connectivity index (χ1v) is 8.94. The van der Waals surface area contributed by atoms with Crippen LogP contribution in [-0.4, -0.2) is 29.5 Å². The van der Waals surface area contributed by atoms with Crippen molar-refractivity contribution in [3.8, 4) is 11.5 Å². The predicted molar refractivity (Wildman–Crippen MR) is 98.8 cm³/mol. The van der Waals surface area contributed by atoms with E-state index >= 15 is 0 Å². The highest BCUT2D eigenvalue weighted by Gasteiger charge is 2.11. The van der Waals surface area contributed by atoms with Gasteiger partial charge in [-0.1, -0.05) is 18.2 Å². The molecule has 124 valence electrons. The monoisotopic (exact) mass is 320 g/mol. The fourth-order valence-electron chi connectivity index (χ4n) is 3.55. The van der Waals surface area contributed by atoms with Gasteiger partial charge in [-0.25, -0.2) is 0 Å². The van der Waals surface area contributed by atoms with Crippen LogP contribution in [0.15, 0.2) is 54.7 Å². The largest absolute Gasteiger partial charge is 0.457 e. The molecule has 0 atom stereocenters. The number of hydrogen-bond donors (Lipinski definition) is 1. The van der Waals surface area contributed by atoms with Gasteiger partial charge in [0.15, 0.2) is 0 Å². The molecule has 0 bridgehead atoms. The van der Waals surface area contributed by atoms with Crippen LogP contribution in [0.2, 0.25) is 0 Å². The first-order chi connectivity index (χ1) is 11.9. The van der Waals surface area contributed by atoms with Crippen molar-refractivity contribution in [2.45, 2.75) is 25.7 Å². The van der Waals surface area contributed by atoms with Gasteiger partial charge >= 0.3 is 0 Å². The molecule has 1 aromatic heterocycles. The molecule has 1 saturated heterocycles. The number of nitrogens with zero attached hydrogens (tertiary/aromatic N) is 1. The molecule has 1 aliphatic rings. The summed E-state index contributed by atoms with van der Waals surface area (Å²) >= 11 is 0. The Bertz CT molecular complexity index is 788. The number of aromatic nitrogens is 1. The molecule has 1 fully saturated rings. The maximum Gasteiger partial charge on any atom is 0.128 e. The summed E-state index contributed by atoms with van der Waals surface area (Å²) < 4.78 is 5.97. The lowest BCUT2D eigenvalue weighted by atomic mass is 10.1. The highest BCUT2D eigenvalue weighted by Crippen LogP contribution is 2.28. The maximum atomic E-state index is 5.97. The van der Waals surface area contributed by atoms with E-state index in [0.29, 0.717) is 0 Å². The Morgan fingerprint density at radius 2 is 1.79 bits per heavy atom. The molecule has 1 aliphatic heterocycles. The van der Waals surface area contributed by atoms with Gasteiger partial charge in [-0.05, 0) is 81.2 Å². The van der Waals surface area contributed by atoms with Crippen molar-refractivity contribution in [3.63, 3.8) is 0 Å². The standard InChI is InChI=1S/C21H24N2O/c1-2-8-18(9-3-1)24-19-10-11-21-20(15-19)17(16-22-21)7-6-14-23-12-4-5-13-23/h1-3,8-11,15-16,22H,4-7,12-14H2. The molecule has 2 heterocycles. The van der Waals surface area contributed by atoms with Crippen LogP contribution in [0.1, 0.15) is 24.8 Å². The summed E-state index contributed by atoms with van der Waals surface area (Å²) in [5, 5.41) is 1.28. The van der Waals surface area contributed by atoms with Crippen molar-refractivity contribution in [1.29, 1.82) is 0 Å². The van der Waals surface area contributed by atoms with Gasteiger partial charge in [0.1, 0.15) is 11.5 Å². The van der Waals surface area contributed by atoms with E-state index in [1.165, 1.54) is 55.4 Å². The average Bonchev–Trinajstić information content (AvgIpc) is 3.26. The molecule has 0 unspecified atom stereocenters. The third-order valence-electron chi connectivity index (χ3n) is 4.84. The molecule has 4 rings (SSSR count). The van der Waals surface area contributed by atoms with Gasteiger partial charge in [0.05, 0.1) is 0 Å². The topological polar surface area (TPSA) is 28.3 Å². The van der Waals surface area contributed by atoms with Gasteiger partial charge in [-0.2, -0.15) is 0 Å². The molecule has 3 nitrogen and oxygen atoms in total. The highest BCUT2D eigenvalue weighted by atomic mass is 16.5. The molecule has 3 heteroatoms. The summed E-state index contributed by atoms with van der Waals surface area (Å²) in [5.74, 6) is 1.78. The third kappa shape index (κ3) is 3.46. The number of nitrogens with one attached hydrogen (secondary N) is 1.